The first-order valence-corrected chi connectivity index (χ1v) is 9.85. The zero-order valence-electron chi connectivity index (χ0n) is 16.8. The van der Waals surface area contributed by atoms with Crippen molar-refractivity contribution in [3.05, 3.63) is 64.6 Å². The molecule has 1 aromatic heterocycles. The second-order valence-corrected chi connectivity index (χ2v) is 8.18. The van der Waals surface area contributed by atoms with Crippen LogP contribution in [0.5, 0.6) is 5.75 Å². The summed E-state index contributed by atoms with van der Waals surface area (Å²) >= 11 is 0. The minimum atomic E-state index is -4.88. The summed E-state index contributed by atoms with van der Waals surface area (Å²) in [6.45, 7) is 1.21. The minimum Gasteiger partial charge on any atom is -0.493 e. The highest BCUT2D eigenvalue weighted by molar-refractivity contribution is 5.92. The van der Waals surface area contributed by atoms with Crippen LogP contribution in [0.2, 0.25) is 0 Å². The number of hydrogen-bond donors (Lipinski definition) is 3. The van der Waals surface area contributed by atoms with Crippen LogP contribution in [-0.4, -0.2) is 40.2 Å². The average Bonchev–Trinajstić information content (AvgIpc) is 2.72. The number of para-hydroxylation sites is 1. The van der Waals surface area contributed by atoms with Crippen LogP contribution in [0.15, 0.2) is 53.5 Å². The van der Waals surface area contributed by atoms with Gasteiger partial charge in [0.25, 0.3) is 5.56 Å². The number of aromatic amines is 1. The fourth-order valence-electron chi connectivity index (χ4n) is 4.22. The van der Waals surface area contributed by atoms with Crippen LogP contribution in [-0.2, 0) is 5.41 Å². The molecule has 0 fully saturated rings. The lowest BCUT2D eigenvalue weighted by Gasteiger charge is -2.42. The van der Waals surface area contributed by atoms with Crippen molar-refractivity contribution in [1.82, 2.24) is 10.2 Å². The standard InChI is InChI=1S/C22H22F3N3O3/c1-20(9-10-31-18-8-3-2-6-16(18)20)12-21(30,22(23,24)25)13-26-17-7-4-5-14-15(17)11-27-28-19(14)29/h2-8,11,26,30H,9-10,12-13H2,1H3,(H,28,29). The van der Waals surface area contributed by atoms with Crippen molar-refractivity contribution in [3.63, 3.8) is 0 Å². The van der Waals surface area contributed by atoms with Crippen molar-refractivity contribution in [1.29, 1.82) is 0 Å². The Balaban J connectivity index is 1.66. The van der Waals surface area contributed by atoms with Crippen molar-refractivity contribution in [3.8, 4) is 5.75 Å². The summed E-state index contributed by atoms with van der Waals surface area (Å²) < 4.78 is 47.9. The summed E-state index contributed by atoms with van der Waals surface area (Å²) in [4.78, 5) is 11.9. The molecule has 2 unspecified atom stereocenters. The van der Waals surface area contributed by atoms with E-state index >= 15 is 0 Å². The Morgan fingerprint density at radius 3 is 2.74 bits per heavy atom. The van der Waals surface area contributed by atoms with Gasteiger partial charge in [-0.15, -0.1) is 0 Å². The quantitative estimate of drug-likeness (QED) is 0.570. The molecule has 0 saturated carbocycles. The molecule has 31 heavy (non-hydrogen) atoms. The lowest BCUT2D eigenvalue weighted by atomic mass is 9.70. The number of nitrogens with zero attached hydrogens (tertiary/aromatic N) is 1. The first kappa shape index (κ1) is 21.2. The zero-order valence-corrected chi connectivity index (χ0v) is 16.8. The number of halogens is 3. The molecular weight excluding hydrogens is 411 g/mol. The molecule has 0 spiro atoms. The highest BCUT2D eigenvalue weighted by Gasteiger charge is 2.57. The molecule has 0 aliphatic carbocycles. The SMILES string of the molecule is CC1(CC(O)(CNc2cccc3c(=O)[nH]ncc23)C(F)(F)F)CCOc2ccccc21. The number of aromatic nitrogens is 2. The van der Waals surface area contributed by atoms with Crippen molar-refractivity contribution in [2.75, 3.05) is 18.5 Å². The molecule has 6 nitrogen and oxygen atoms in total. The average molecular weight is 433 g/mol. The lowest BCUT2D eigenvalue weighted by Crippen LogP contribution is -2.54. The molecule has 1 aliphatic heterocycles. The summed E-state index contributed by atoms with van der Waals surface area (Å²) in [5.74, 6) is 0.535. The number of hydrogen-bond acceptors (Lipinski definition) is 5. The van der Waals surface area contributed by atoms with Crippen LogP contribution >= 0.6 is 0 Å². The molecule has 2 aromatic carbocycles. The summed E-state index contributed by atoms with van der Waals surface area (Å²) in [6, 6.07) is 11.6. The minimum absolute atomic E-state index is 0.270. The first-order valence-electron chi connectivity index (χ1n) is 9.85. The van der Waals surface area contributed by atoms with Crippen molar-refractivity contribution < 1.29 is 23.0 Å². The third kappa shape index (κ3) is 3.85. The zero-order chi connectivity index (χ0) is 22.3. The van der Waals surface area contributed by atoms with E-state index in [-0.39, 0.29) is 12.3 Å². The number of ether oxygens (including phenoxy) is 1. The van der Waals surface area contributed by atoms with Gasteiger partial charge in [-0.3, -0.25) is 4.79 Å². The van der Waals surface area contributed by atoms with Crippen LogP contribution < -0.4 is 15.6 Å². The van der Waals surface area contributed by atoms with E-state index in [4.69, 9.17) is 4.74 Å². The molecular formula is C22H22F3N3O3. The highest BCUT2D eigenvalue weighted by atomic mass is 19.4. The molecule has 3 N–H and O–H groups in total. The Morgan fingerprint density at radius 2 is 1.97 bits per heavy atom. The fourth-order valence-corrected chi connectivity index (χ4v) is 4.22. The van der Waals surface area contributed by atoms with Gasteiger partial charge >= 0.3 is 6.18 Å². The maximum atomic E-state index is 14.1. The van der Waals surface area contributed by atoms with E-state index in [1.54, 1.807) is 49.4 Å². The van der Waals surface area contributed by atoms with Gasteiger partial charge in [0.1, 0.15) is 5.75 Å². The summed E-state index contributed by atoms with van der Waals surface area (Å²) in [5, 5.41) is 20.2. The molecule has 2 heterocycles. The number of benzene rings is 2. The van der Waals surface area contributed by atoms with Gasteiger partial charge in [0.05, 0.1) is 24.7 Å². The highest BCUT2D eigenvalue weighted by Crippen LogP contribution is 2.47. The summed E-state index contributed by atoms with van der Waals surface area (Å²) in [5.41, 5.74) is -3.46. The molecule has 164 valence electrons. The van der Waals surface area contributed by atoms with E-state index in [0.717, 1.165) is 0 Å². The Labute approximate surface area is 176 Å². The maximum absolute atomic E-state index is 14.1. The molecule has 0 bridgehead atoms. The van der Waals surface area contributed by atoms with E-state index in [1.165, 1.54) is 6.20 Å². The van der Waals surface area contributed by atoms with Gasteiger partial charge in [-0.25, -0.2) is 5.10 Å². The number of fused-ring (bicyclic) bond motifs is 2. The Kier molecular flexibility index (Phi) is 5.17. The van der Waals surface area contributed by atoms with Crippen LogP contribution in [0.25, 0.3) is 10.8 Å². The third-order valence-electron chi connectivity index (χ3n) is 5.94. The molecule has 2 atom stereocenters. The van der Waals surface area contributed by atoms with E-state index in [2.05, 4.69) is 15.5 Å². The van der Waals surface area contributed by atoms with E-state index in [9.17, 15) is 23.1 Å². The number of aliphatic hydroxyl groups is 1. The molecule has 0 saturated heterocycles. The predicted molar refractivity (Wildman–Crippen MR) is 110 cm³/mol. The van der Waals surface area contributed by atoms with Gasteiger partial charge < -0.3 is 15.2 Å². The van der Waals surface area contributed by atoms with Gasteiger partial charge in [-0.1, -0.05) is 31.2 Å². The Bertz CT molecular complexity index is 1160. The van der Waals surface area contributed by atoms with Crippen molar-refractivity contribution in [2.45, 2.75) is 37.0 Å². The third-order valence-corrected chi connectivity index (χ3v) is 5.94. The molecule has 0 amide bonds. The van der Waals surface area contributed by atoms with Crippen LogP contribution in [0.4, 0.5) is 18.9 Å². The number of alkyl halides is 3. The largest absolute Gasteiger partial charge is 0.493 e. The summed E-state index contributed by atoms with van der Waals surface area (Å²) in [7, 11) is 0. The van der Waals surface area contributed by atoms with Gasteiger partial charge in [-0.2, -0.15) is 18.3 Å². The van der Waals surface area contributed by atoms with Crippen molar-refractivity contribution in [2.24, 2.45) is 0 Å². The maximum Gasteiger partial charge on any atom is 0.418 e. The number of anilines is 1. The number of nitrogens with one attached hydrogen (secondary N) is 2. The van der Waals surface area contributed by atoms with Gasteiger partial charge in [0, 0.05) is 22.1 Å². The smallest absolute Gasteiger partial charge is 0.418 e. The second kappa shape index (κ2) is 7.56. The van der Waals surface area contributed by atoms with Crippen LogP contribution in [0, 0.1) is 0 Å². The fraction of sp³-hybridized carbons (Fsp3) is 0.364. The van der Waals surface area contributed by atoms with Crippen LogP contribution in [0.3, 0.4) is 0 Å². The van der Waals surface area contributed by atoms with Gasteiger partial charge in [0.15, 0.2) is 5.60 Å². The van der Waals surface area contributed by atoms with Crippen LogP contribution in [0.1, 0.15) is 25.3 Å². The molecule has 0 radical (unpaired) electrons. The molecule has 9 heteroatoms. The van der Waals surface area contributed by atoms with Gasteiger partial charge in [-0.05, 0) is 31.0 Å². The molecule has 4 rings (SSSR count). The molecule has 3 aromatic rings. The Morgan fingerprint density at radius 1 is 1.19 bits per heavy atom. The lowest BCUT2D eigenvalue weighted by molar-refractivity contribution is -0.261. The number of H-pyrrole nitrogens is 1. The Hall–Kier alpha value is -3.07. The number of rotatable bonds is 5. The monoisotopic (exact) mass is 433 g/mol. The summed E-state index contributed by atoms with van der Waals surface area (Å²) in [6.07, 6.45) is -3.71. The first-order chi connectivity index (χ1) is 14.6. The van der Waals surface area contributed by atoms with E-state index in [0.29, 0.717) is 28.5 Å². The van der Waals surface area contributed by atoms with Crippen molar-refractivity contribution >= 4 is 16.5 Å². The van der Waals surface area contributed by atoms with Gasteiger partial charge in [0.2, 0.25) is 0 Å². The normalized spacial score (nSPS) is 20.5. The van der Waals surface area contributed by atoms with E-state index < -0.39 is 35.7 Å². The topological polar surface area (TPSA) is 87.2 Å². The van der Waals surface area contributed by atoms with E-state index in [1.807, 2.05) is 0 Å². The predicted octanol–water partition coefficient (Wildman–Crippen LogP) is 3.76. The second-order valence-electron chi connectivity index (χ2n) is 8.18. The molecule has 1 aliphatic rings.